The van der Waals surface area contributed by atoms with E-state index in [0.717, 1.165) is 4.47 Å². The van der Waals surface area contributed by atoms with Crippen molar-refractivity contribution in [2.45, 2.75) is 0 Å². The molecule has 4 heteroatoms. The van der Waals surface area contributed by atoms with E-state index in [1.807, 2.05) is 0 Å². The highest BCUT2D eigenvalue weighted by Gasteiger charge is 2.10. The third-order valence-electron chi connectivity index (χ3n) is 0.952. The quantitative estimate of drug-likeness (QED) is 0.677. The van der Waals surface area contributed by atoms with Crippen molar-refractivity contribution in [3.8, 4) is 0 Å². The Morgan fingerprint density at radius 3 is 3.00 bits per heavy atom. The molecule has 0 aliphatic carbocycles. The second-order valence-corrected chi connectivity index (χ2v) is 3.08. The number of hydrogen-bond donors (Lipinski definition) is 0. The zero-order valence-corrected chi connectivity index (χ0v) is 7.58. The van der Waals surface area contributed by atoms with Crippen molar-refractivity contribution < 1.29 is 9.53 Å². The Balaban J connectivity index is 2.93. The lowest BCUT2D eigenvalue weighted by Gasteiger charge is -1.93. The van der Waals surface area contributed by atoms with Crippen LogP contribution in [0.2, 0.25) is 0 Å². The summed E-state index contributed by atoms with van der Waals surface area (Å²) < 4.78 is 5.22. The van der Waals surface area contributed by atoms with Gasteiger partial charge in [-0.1, -0.05) is 0 Å². The lowest BCUT2D eigenvalue weighted by Crippen LogP contribution is -1.99. The molecule has 0 bridgehead atoms. The Morgan fingerprint density at radius 2 is 2.60 bits per heavy atom. The molecule has 1 heterocycles. The first-order chi connectivity index (χ1) is 4.75. The van der Waals surface area contributed by atoms with Gasteiger partial charge in [0.15, 0.2) is 0 Å². The second kappa shape index (κ2) is 3.16. The zero-order valence-electron chi connectivity index (χ0n) is 5.18. The van der Waals surface area contributed by atoms with Gasteiger partial charge in [0.2, 0.25) is 0 Å². The molecule has 0 aliphatic rings. The summed E-state index contributed by atoms with van der Waals surface area (Å²) in [6, 6.07) is 0. The van der Waals surface area contributed by atoms with Crippen LogP contribution in [0.5, 0.6) is 0 Å². The first kappa shape index (κ1) is 7.75. The summed E-state index contributed by atoms with van der Waals surface area (Å²) in [7, 11) is 1.35. The van der Waals surface area contributed by atoms with Gasteiger partial charge in [0, 0.05) is 9.85 Å². The van der Waals surface area contributed by atoms with Crippen LogP contribution in [-0.4, -0.2) is 13.1 Å². The molecular weight excluding hydrogens is 216 g/mol. The van der Waals surface area contributed by atoms with E-state index in [1.165, 1.54) is 18.4 Å². The van der Waals surface area contributed by atoms with Crippen LogP contribution in [0.4, 0.5) is 0 Å². The molecule has 0 amide bonds. The van der Waals surface area contributed by atoms with Gasteiger partial charge in [-0.2, -0.15) is 0 Å². The maximum atomic E-state index is 10.8. The third-order valence-corrected chi connectivity index (χ3v) is 2.56. The van der Waals surface area contributed by atoms with E-state index in [0.29, 0.717) is 5.56 Å². The first-order valence-corrected chi connectivity index (χ1v) is 4.16. The minimum atomic E-state index is -0.354. The van der Waals surface area contributed by atoms with Crippen molar-refractivity contribution in [3.05, 3.63) is 20.8 Å². The number of rotatable bonds is 1. The summed E-state index contributed by atoms with van der Waals surface area (Å²) in [5.41, 5.74) is 0.465. The molecule has 2 nitrogen and oxygen atoms in total. The van der Waals surface area contributed by atoms with Crippen molar-refractivity contribution in [1.29, 1.82) is 0 Å². The molecule has 0 aromatic carbocycles. The van der Waals surface area contributed by atoms with Crippen molar-refractivity contribution in [3.63, 3.8) is 0 Å². The topological polar surface area (TPSA) is 26.3 Å². The molecule has 0 N–H and O–H groups in total. The van der Waals surface area contributed by atoms with Gasteiger partial charge in [-0.15, -0.1) is 11.3 Å². The van der Waals surface area contributed by atoms with Crippen LogP contribution < -0.4 is 0 Å². The molecule has 0 saturated heterocycles. The SMILES string of the molecule is COC(=O)c1[c]scc1Br. The lowest BCUT2D eigenvalue weighted by atomic mass is 10.3. The molecule has 53 valence electrons. The minimum absolute atomic E-state index is 0.354. The average molecular weight is 220 g/mol. The van der Waals surface area contributed by atoms with Crippen LogP contribution in [-0.2, 0) is 4.74 Å². The Morgan fingerprint density at radius 1 is 1.90 bits per heavy atom. The molecule has 1 rings (SSSR count). The van der Waals surface area contributed by atoms with Crippen LogP contribution in [0.1, 0.15) is 10.4 Å². The zero-order chi connectivity index (χ0) is 7.56. The van der Waals surface area contributed by atoms with Crippen molar-refractivity contribution in [2.24, 2.45) is 0 Å². The van der Waals surface area contributed by atoms with Crippen LogP contribution in [0, 0.1) is 5.38 Å². The Bertz CT molecular complexity index is 244. The summed E-state index contributed by atoms with van der Waals surface area (Å²) in [4.78, 5) is 10.8. The summed E-state index contributed by atoms with van der Waals surface area (Å²) in [6.07, 6.45) is 0. The molecule has 0 atom stereocenters. The maximum Gasteiger partial charge on any atom is 0.340 e. The summed E-state index contributed by atoms with van der Waals surface area (Å²) in [6.45, 7) is 0. The van der Waals surface area contributed by atoms with E-state index in [2.05, 4.69) is 26.0 Å². The molecule has 0 unspecified atom stereocenters. The van der Waals surface area contributed by atoms with Gasteiger partial charge in [0.05, 0.1) is 18.1 Å². The summed E-state index contributed by atoms with van der Waals surface area (Å²) >= 11 is 4.52. The van der Waals surface area contributed by atoms with Gasteiger partial charge in [-0.05, 0) is 15.9 Å². The fourth-order valence-electron chi connectivity index (χ4n) is 0.489. The molecule has 1 radical (unpaired) electrons. The molecule has 0 fully saturated rings. The predicted octanol–water partition coefficient (Wildman–Crippen LogP) is 2.10. The molecule has 0 spiro atoms. The van der Waals surface area contributed by atoms with Crippen LogP contribution in [0.15, 0.2) is 9.85 Å². The lowest BCUT2D eigenvalue weighted by molar-refractivity contribution is 0.0600. The minimum Gasteiger partial charge on any atom is -0.465 e. The van der Waals surface area contributed by atoms with Gasteiger partial charge in [-0.3, -0.25) is 0 Å². The fourth-order valence-corrected chi connectivity index (χ4v) is 1.75. The van der Waals surface area contributed by atoms with E-state index in [1.54, 1.807) is 5.38 Å². The monoisotopic (exact) mass is 219 g/mol. The molecule has 10 heavy (non-hydrogen) atoms. The van der Waals surface area contributed by atoms with Crippen molar-refractivity contribution in [2.75, 3.05) is 7.11 Å². The van der Waals surface area contributed by atoms with Gasteiger partial charge in [-0.25, -0.2) is 4.79 Å². The molecule has 0 saturated carbocycles. The normalized spacial score (nSPS) is 9.40. The maximum absolute atomic E-state index is 10.8. The van der Waals surface area contributed by atoms with Gasteiger partial charge in [0.25, 0.3) is 0 Å². The number of esters is 1. The first-order valence-electron chi connectivity index (χ1n) is 2.48. The van der Waals surface area contributed by atoms with E-state index in [4.69, 9.17) is 0 Å². The largest absolute Gasteiger partial charge is 0.465 e. The summed E-state index contributed by atoms with van der Waals surface area (Å²) in [5.74, 6) is -0.354. The van der Waals surface area contributed by atoms with E-state index in [9.17, 15) is 4.79 Å². The average Bonchev–Trinajstić information content (AvgIpc) is 2.34. The molecule has 1 aromatic heterocycles. The van der Waals surface area contributed by atoms with Gasteiger partial charge in [0.1, 0.15) is 0 Å². The Labute approximate surface area is 70.9 Å². The molecule has 0 aliphatic heterocycles. The number of thiophene rings is 1. The van der Waals surface area contributed by atoms with Crippen LogP contribution in [0.3, 0.4) is 0 Å². The van der Waals surface area contributed by atoms with Gasteiger partial charge >= 0.3 is 5.97 Å². The number of halogens is 1. The summed E-state index contributed by atoms with van der Waals surface area (Å²) in [5, 5.41) is 4.56. The number of methoxy groups -OCH3 is 1. The van der Waals surface area contributed by atoms with Crippen molar-refractivity contribution in [1.82, 2.24) is 0 Å². The van der Waals surface area contributed by atoms with E-state index in [-0.39, 0.29) is 5.97 Å². The molecular formula is C6H4BrO2S. The van der Waals surface area contributed by atoms with Crippen LogP contribution in [0.25, 0.3) is 0 Å². The van der Waals surface area contributed by atoms with Crippen LogP contribution >= 0.6 is 27.3 Å². The number of carbonyl (C=O) groups excluding carboxylic acids is 1. The van der Waals surface area contributed by atoms with Gasteiger partial charge < -0.3 is 4.74 Å². The Hall–Kier alpha value is -0.350. The second-order valence-electron chi connectivity index (χ2n) is 1.55. The smallest absolute Gasteiger partial charge is 0.340 e. The number of ether oxygens (including phenoxy) is 1. The fraction of sp³-hybridized carbons (Fsp3) is 0.167. The highest BCUT2D eigenvalue weighted by molar-refractivity contribution is 9.10. The van der Waals surface area contributed by atoms with E-state index >= 15 is 0 Å². The van der Waals surface area contributed by atoms with E-state index < -0.39 is 0 Å². The third kappa shape index (κ3) is 1.38. The highest BCUT2D eigenvalue weighted by atomic mass is 79.9. The molecule has 1 aromatic rings. The number of carbonyl (C=O) groups is 1. The highest BCUT2D eigenvalue weighted by Crippen LogP contribution is 2.20. The number of hydrogen-bond acceptors (Lipinski definition) is 3. The van der Waals surface area contributed by atoms with Crippen molar-refractivity contribution >= 4 is 33.2 Å². The predicted molar refractivity (Wildman–Crippen MR) is 42.2 cm³/mol. The standard InChI is InChI=1S/C6H4BrO2S/c1-9-6(8)4-2-10-3-5(4)7/h3H,1H3. The Kier molecular flexibility index (Phi) is 2.45.